The smallest absolute Gasteiger partial charge is 0.0900 e. The van der Waals surface area contributed by atoms with Gasteiger partial charge in [0.15, 0.2) is 0 Å². The molecule has 3 rings (SSSR count). The van der Waals surface area contributed by atoms with Crippen LogP contribution in [0.25, 0.3) is 0 Å². The van der Waals surface area contributed by atoms with Crippen LogP contribution in [0.4, 0.5) is 0 Å². The van der Waals surface area contributed by atoms with Gasteiger partial charge < -0.3 is 14.7 Å². The monoisotopic (exact) mass is 324 g/mol. The molecule has 2 saturated carbocycles. The fraction of sp³-hybridized carbons (Fsp3) is 1.00. The molecule has 3 fully saturated rings. The molecule has 0 aromatic rings. The van der Waals surface area contributed by atoms with Crippen molar-refractivity contribution in [1.82, 2.24) is 9.80 Å². The molecule has 0 radical (unpaired) electrons. The van der Waals surface area contributed by atoms with E-state index in [0.717, 1.165) is 45.2 Å². The SMILES string of the molecule is CCN1CCN(C[C@H](O)CO[C@H]2C[C@H]3CC[C@@]2(C)C3(C)C)CC1. The number of nitrogens with zero attached hydrogens (tertiary/aromatic N) is 2. The molecular weight excluding hydrogens is 288 g/mol. The van der Waals surface area contributed by atoms with E-state index in [0.29, 0.717) is 23.5 Å². The topological polar surface area (TPSA) is 35.9 Å². The summed E-state index contributed by atoms with van der Waals surface area (Å²) in [7, 11) is 0. The van der Waals surface area contributed by atoms with Crippen LogP contribution < -0.4 is 0 Å². The molecule has 1 N–H and O–H groups in total. The van der Waals surface area contributed by atoms with Crippen molar-refractivity contribution in [3.05, 3.63) is 0 Å². The third kappa shape index (κ3) is 3.20. The Bertz CT molecular complexity index is 406. The summed E-state index contributed by atoms with van der Waals surface area (Å²) >= 11 is 0. The van der Waals surface area contributed by atoms with Gasteiger partial charge in [-0.2, -0.15) is 0 Å². The van der Waals surface area contributed by atoms with Gasteiger partial charge in [0, 0.05) is 32.7 Å². The van der Waals surface area contributed by atoms with Crippen molar-refractivity contribution in [2.45, 2.75) is 59.2 Å². The quantitative estimate of drug-likeness (QED) is 0.813. The summed E-state index contributed by atoms with van der Waals surface area (Å²) in [6.07, 6.45) is 3.81. The number of β-amino-alcohol motifs (C(OH)–C–C–N with tert-alkyl or cyclic N) is 1. The Morgan fingerprint density at radius 2 is 1.78 bits per heavy atom. The first-order valence-electron chi connectivity index (χ1n) is 9.61. The lowest BCUT2D eigenvalue weighted by atomic mass is 9.70. The summed E-state index contributed by atoms with van der Waals surface area (Å²) < 4.78 is 6.23. The van der Waals surface area contributed by atoms with Crippen LogP contribution in [-0.2, 0) is 4.74 Å². The first kappa shape index (κ1) is 17.7. The number of rotatable bonds is 6. The van der Waals surface area contributed by atoms with Crippen molar-refractivity contribution >= 4 is 0 Å². The van der Waals surface area contributed by atoms with Gasteiger partial charge in [0.2, 0.25) is 0 Å². The van der Waals surface area contributed by atoms with Gasteiger partial charge in [0.05, 0.1) is 18.8 Å². The molecular formula is C19H36N2O2. The Morgan fingerprint density at radius 3 is 2.30 bits per heavy atom. The molecule has 1 saturated heterocycles. The van der Waals surface area contributed by atoms with Crippen molar-refractivity contribution in [3.8, 4) is 0 Å². The molecule has 0 spiro atoms. The zero-order chi connectivity index (χ0) is 16.7. The van der Waals surface area contributed by atoms with Crippen LogP contribution >= 0.6 is 0 Å². The van der Waals surface area contributed by atoms with Crippen molar-refractivity contribution in [1.29, 1.82) is 0 Å². The largest absolute Gasteiger partial charge is 0.389 e. The van der Waals surface area contributed by atoms with E-state index in [1.54, 1.807) is 0 Å². The van der Waals surface area contributed by atoms with Crippen molar-refractivity contribution < 1.29 is 9.84 Å². The second kappa shape index (κ2) is 6.62. The van der Waals surface area contributed by atoms with Gasteiger partial charge in [-0.1, -0.05) is 27.7 Å². The van der Waals surface area contributed by atoms with E-state index >= 15 is 0 Å². The highest BCUT2D eigenvalue weighted by atomic mass is 16.5. The number of aliphatic hydroxyl groups is 1. The highest BCUT2D eigenvalue weighted by Crippen LogP contribution is 2.66. The number of piperazine rings is 1. The molecule has 0 unspecified atom stereocenters. The highest BCUT2D eigenvalue weighted by Gasteiger charge is 2.61. The van der Waals surface area contributed by atoms with Crippen LogP contribution in [0.15, 0.2) is 0 Å². The molecule has 1 aliphatic heterocycles. The zero-order valence-corrected chi connectivity index (χ0v) is 15.6. The van der Waals surface area contributed by atoms with E-state index < -0.39 is 0 Å². The third-order valence-corrected chi connectivity index (χ3v) is 7.58. The van der Waals surface area contributed by atoms with E-state index in [9.17, 15) is 5.11 Å². The number of likely N-dealkylation sites (N-methyl/N-ethyl adjacent to an activating group) is 1. The average molecular weight is 325 g/mol. The van der Waals surface area contributed by atoms with Crippen molar-refractivity contribution in [3.63, 3.8) is 0 Å². The van der Waals surface area contributed by atoms with Crippen molar-refractivity contribution in [2.75, 3.05) is 45.9 Å². The normalized spacial score (nSPS) is 39.0. The van der Waals surface area contributed by atoms with E-state index in [1.807, 2.05) is 0 Å². The molecule has 4 nitrogen and oxygen atoms in total. The Balaban J connectivity index is 1.43. The maximum atomic E-state index is 10.4. The maximum Gasteiger partial charge on any atom is 0.0900 e. The lowest BCUT2D eigenvalue weighted by Crippen LogP contribution is -2.49. The van der Waals surface area contributed by atoms with Crippen LogP contribution in [0.1, 0.15) is 47.0 Å². The molecule has 134 valence electrons. The fourth-order valence-electron chi connectivity index (χ4n) is 5.25. The summed E-state index contributed by atoms with van der Waals surface area (Å²) in [4.78, 5) is 4.85. The number of hydrogen-bond donors (Lipinski definition) is 1. The minimum absolute atomic E-state index is 0.296. The lowest BCUT2D eigenvalue weighted by Gasteiger charge is -2.39. The summed E-state index contributed by atoms with van der Waals surface area (Å²) in [5, 5.41) is 10.4. The fourth-order valence-corrected chi connectivity index (χ4v) is 5.25. The zero-order valence-electron chi connectivity index (χ0n) is 15.6. The molecule has 0 amide bonds. The van der Waals surface area contributed by atoms with E-state index in [1.165, 1.54) is 19.3 Å². The van der Waals surface area contributed by atoms with E-state index in [2.05, 4.69) is 37.5 Å². The van der Waals surface area contributed by atoms with Gasteiger partial charge in [0.25, 0.3) is 0 Å². The molecule has 23 heavy (non-hydrogen) atoms. The molecule has 2 aliphatic carbocycles. The standard InChI is InChI=1S/C19H36N2O2/c1-5-20-8-10-21(11-9-20)13-16(22)14-23-17-12-15-6-7-19(17,4)18(15,2)3/h15-17,22H,5-14H2,1-4H3/t15-,16+,17+,19-/m1/s1. The third-order valence-electron chi connectivity index (χ3n) is 7.58. The Kier molecular flexibility index (Phi) is 5.09. The molecule has 3 aliphatic rings. The molecule has 0 aromatic heterocycles. The minimum atomic E-state index is -0.353. The van der Waals surface area contributed by atoms with Crippen LogP contribution in [-0.4, -0.2) is 73.0 Å². The molecule has 4 heteroatoms. The predicted octanol–water partition coefficient (Wildman–Crippen LogP) is 2.22. The van der Waals surface area contributed by atoms with Crippen LogP contribution in [0.2, 0.25) is 0 Å². The predicted molar refractivity (Wildman–Crippen MR) is 93.5 cm³/mol. The minimum Gasteiger partial charge on any atom is -0.389 e. The van der Waals surface area contributed by atoms with E-state index in [-0.39, 0.29) is 6.10 Å². The first-order chi connectivity index (χ1) is 10.9. The Hall–Kier alpha value is -0.160. The van der Waals surface area contributed by atoms with Crippen LogP contribution in [0, 0.1) is 16.7 Å². The number of ether oxygens (including phenoxy) is 1. The molecule has 2 bridgehead atoms. The maximum absolute atomic E-state index is 10.4. The highest BCUT2D eigenvalue weighted by molar-refractivity contribution is 5.11. The second-order valence-corrected chi connectivity index (χ2v) is 8.82. The van der Waals surface area contributed by atoms with Crippen LogP contribution in [0.5, 0.6) is 0 Å². The van der Waals surface area contributed by atoms with Gasteiger partial charge in [-0.3, -0.25) is 4.90 Å². The van der Waals surface area contributed by atoms with E-state index in [4.69, 9.17) is 4.74 Å². The molecule has 1 heterocycles. The van der Waals surface area contributed by atoms with Gasteiger partial charge in [-0.15, -0.1) is 0 Å². The van der Waals surface area contributed by atoms with Gasteiger partial charge in [-0.25, -0.2) is 0 Å². The van der Waals surface area contributed by atoms with Gasteiger partial charge in [0.1, 0.15) is 0 Å². The Labute approximate surface area is 142 Å². The summed E-state index contributed by atoms with van der Waals surface area (Å²) in [6, 6.07) is 0. The Morgan fingerprint density at radius 1 is 1.13 bits per heavy atom. The number of hydrogen-bond acceptors (Lipinski definition) is 4. The summed E-state index contributed by atoms with van der Waals surface area (Å²) in [5.74, 6) is 0.803. The molecule has 4 atom stereocenters. The van der Waals surface area contributed by atoms with Gasteiger partial charge in [-0.05, 0) is 42.6 Å². The first-order valence-corrected chi connectivity index (χ1v) is 9.61. The van der Waals surface area contributed by atoms with Crippen molar-refractivity contribution in [2.24, 2.45) is 16.7 Å². The van der Waals surface area contributed by atoms with Crippen LogP contribution in [0.3, 0.4) is 0 Å². The second-order valence-electron chi connectivity index (χ2n) is 8.82. The average Bonchev–Trinajstić information content (AvgIpc) is 2.86. The molecule has 0 aromatic carbocycles. The lowest BCUT2D eigenvalue weighted by molar-refractivity contribution is -0.0806. The number of fused-ring (bicyclic) bond motifs is 2. The summed E-state index contributed by atoms with van der Waals surface area (Å²) in [5.41, 5.74) is 0.684. The summed E-state index contributed by atoms with van der Waals surface area (Å²) in [6.45, 7) is 16.2. The number of aliphatic hydroxyl groups excluding tert-OH is 1. The van der Waals surface area contributed by atoms with Gasteiger partial charge >= 0.3 is 0 Å².